The number of likely N-dealkylation sites (N-methyl/N-ethyl adjacent to an activating group) is 1. The third kappa shape index (κ3) is 5.92. The molecule has 0 spiro atoms. The van der Waals surface area contributed by atoms with E-state index in [-0.39, 0.29) is 0 Å². The van der Waals surface area contributed by atoms with Crippen molar-refractivity contribution in [3.05, 3.63) is 0 Å². The molecule has 0 aromatic rings. The lowest BCUT2D eigenvalue weighted by molar-refractivity contribution is -0.868. The van der Waals surface area contributed by atoms with Crippen LogP contribution in [0.15, 0.2) is 0 Å². The van der Waals surface area contributed by atoms with Crippen molar-refractivity contribution in [3.63, 3.8) is 0 Å². The lowest BCUT2D eigenvalue weighted by atomic mass is 10.5. The van der Waals surface area contributed by atoms with Gasteiger partial charge in [0.2, 0.25) is 0 Å². The summed E-state index contributed by atoms with van der Waals surface area (Å²) in [4.78, 5) is 0. The summed E-state index contributed by atoms with van der Waals surface area (Å²) in [6.45, 7) is 1.77. The quantitative estimate of drug-likeness (QED) is 0.488. The molecule has 0 amide bonds. The first-order valence-electron chi connectivity index (χ1n) is 3.01. The van der Waals surface area contributed by atoms with Gasteiger partial charge in [0.05, 0.1) is 27.7 Å². The van der Waals surface area contributed by atoms with Gasteiger partial charge in [-0.25, -0.2) is 0 Å². The van der Waals surface area contributed by atoms with Crippen LogP contribution >= 0.6 is 0 Å². The van der Waals surface area contributed by atoms with Crippen molar-refractivity contribution in [1.29, 1.82) is 0 Å². The van der Waals surface area contributed by atoms with Crippen LogP contribution in [0.25, 0.3) is 0 Å². The van der Waals surface area contributed by atoms with E-state index in [1.54, 1.807) is 0 Å². The van der Waals surface area contributed by atoms with Gasteiger partial charge in [0, 0.05) is 6.54 Å². The molecule has 2 heteroatoms. The standard InChI is InChI=1S/C5H15N2/c1-7(2,3)5-4-6/h4-6H2,1-3H3/q+1/i/hT. The summed E-state index contributed by atoms with van der Waals surface area (Å²) >= 11 is 0. The molecule has 0 saturated heterocycles. The predicted molar refractivity (Wildman–Crippen MR) is 32.0 cm³/mol. The summed E-state index contributed by atoms with van der Waals surface area (Å²) in [7, 11) is 6.33. The summed E-state index contributed by atoms with van der Waals surface area (Å²) in [5.74, 6) is 0. The lowest BCUT2D eigenvalue weighted by Gasteiger charge is -2.22. The predicted octanol–water partition coefficient (Wildman–Crippen LogP) is -0.349. The van der Waals surface area contributed by atoms with Gasteiger partial charge in [-0.1, -0.05) is 0 Å². The van der Waals surface area contributed by atoms with Gasteiger partial charge in [0.1, 0.15) is 1.41 Å². The number of rotatable bonds is 3. The Morgan fingerprint density at radius 2 is 2.14 bits per heavy atom. The molecular weight excluding hydrogens is 88.1 g/mol. The SMILES string of the molecule is [3H]NCC[N+](C)(C)C. The lowest BCUT2D eigenvalue weighted by Crippen LogP contribution is -2.38. The van der Waals surface area contributed by atoms with Gasteiger partial charge in [0.15, 0.2) is 0 Å². The van der Waals surface area contributed by atoms with Gasteiger partial charge in [0.25, 0.3) is 0 Å². The molecule has 0 atom stereocenters. The molecule has 2 N–H and O–H groups in total. The van der Waals surface area contributed by atoms with Crippen molar-refractivity contribution >= 4 is 0 Å². The number of hydrogen-bond acceptors (Lipinski definition) is 1. The molecule has 0 saturated carbocycles. The topological polar surface area (TPSA) is 26.0 Å². The summed E-state index contributed by atoms with van der Waals surface area (Å²) in [5.41, 5.74) is 2.36. The highest BCUT2D eigenvalue weighted by molar-refractivity contribution is 4.26. The minimum absolute atomic E-state index is 0.767. The molecule has 0 aliphatic heterocycles. The normalized spacial score (nSPS) is 13.9. The Morgan fingerprint density at radius 1 is 1.57 bits per heavy atom. The molecule has 7 heavy (non-hydrogen) atoms. The van der Waals surface area contributed by atoms with E-state index in [4.69, 9.17) is 1.41 Å². The maximum absolute atomic E-state index is 6.62. The summed E-state index contributed by atoms with van der Waals surface area (Å²) < 4.78 is 7.55. The highest BCUT2D eigenvalue weighted by Gasteiger charge is 2.01. The third-order valence-corrected chi connectivity index (χ3v) is 0.783. The highest BCUT2D eigenvalue weighted by Crippen LogP contribution is 1.83. The van der Waals surface area contributed by atoms with Gasteiger partial charge in [-0.05, 0) is 0 Å². The van der Waals surface area contributed by atoms with Crippen molar-refractivity contribution in [2.24, 2.45) is 5.73 Å². The fourth-order valence-corrected chi connectivity index (χ4v) is 0.335. The third-order valence-electron chi connectivity index (χ3n) is 0.783. The number of nitrogens with two attached hydrogens (primary N) is 1. The monoisotopic (exact) mass is 105 g/mol. The van der Waals surface area contributed by atoms with E-state index in [0.717, 1.165) is 17.6 Å². The van der Waals surface area contributed by atoms with Crippen molar-refractivity contribution in [3.8, 4) is 0 Å². The van der Waals surface area contributed by atoms with Crippen LogP contribution in [0.5, 0.6) is 0 Å². The zero-order valence-electron chi connectivity index (χ0n) is 6.36. The van der Waals surface area contributed by atoms with E-state index in [9.17, 15) is 0 Å². The highest BCUT2D eigenvalue weighted by atomic mass is 15.3. The van der Waals surface area contributed by atoms with Gasteiger partial charge in [-0.15, -0.1) is 0 Å². The van der Waals surface area contributed by atoms with Gasteiger partial charge >= 0.3 is 0 Å². The van der Waals surface area contributed by atoms with Crippen LogP contribution in [0, 0.1) is 0 Å². The first-order chi connectivity index (χ1) is 3.56. The summed E-state index contributed by atoms with van der Waals surface area (Å²) in [5, 5.41) is 0. The van der Waals surface area contributed by atoms with E-state index >= 15 is 0 Å². The van der Waals surface area contributed by atoms with Crippen LogP contribution in [0.4, 0.5) is 0 Å². The van der Waals surface area contributed by atoms with E-state index < -0.39 is 0 Å². The Balaban J connectivity index is 3.11. The van der Waals surface area contributed by atoms with Crippen LogP contribution < -0.4 is 5.73 Å². The van der Waals surface area contributed by atoms with E-state index in [2.05, 4.69) is 26.9 Å². The van der Waals surface area contributed by atoms with Crippen molar-refractivity contribution in [1.82, 2.24) is 0 Å². The fourth-order valence-electron chi connectivity index (χ4n) is 0.335. The Kier molecular flexibility index (Phi) is 1.65. The van der Waals surface area contributed by atoms with Crippen LogP contribution in [-0.2, 0) is 0 Å². The summed E-state index contributed by atoms with van der Waals surface area (Å²) in [6, 6.07) is 0. The molecule has 44 valence electrons. The molecular formula is C5H15N2+. The van der Waals surface area contributed by atoms with Crippen LogP contribution in [0.1, 0.15) is 0 Å². The van der Waals surface area contributed by atoms with Crippen molar-refractivity contribution < 1.29 is 5.89 Å². The molecule has 0 rings (SSSR count). The Morgan fingerprint density at radius 3 is 2.29 bits per heavy atom. The first-order valence-corrected chi connectivity index (χ1v) is 2.51. The Bertz CT molecular complexity index is 57.9. The second-order valence-corrected chi connectivity index (χ2v) is 2.76. The van der Waals surface area contributed by atoms with Crippen LogP contribution in [0.3, 0.4) is 0 Å². The van der Waals surface area contributed by atoms with E-state index in [1.165, 1.54) is 0 Å². The maximum atomic E-state index is 6.62. The molecule has 0 aromatic carbocycles. The molecule has 0 unspecified atom stereocenters. The second-order valence-electron chi connectivity index (χ2n) is 2.76. The molecule has 0 fully saturated rings. The van der Waals surface area contributed by atoms with Gasteiger partial charge < -0.3 is 10.2 Å². The first kappa shape index (κ1) is 5.06. The molecule has 0 aliphatic carbocycles. The molecule has 0 aliphatic rings. The molecule has 2 nitrogen and oxygen atoms in total. The molecule has 0 radical (unpaired) electrons. The van der Waals surface area contributed by atoms with E-state index in [1.807, 2.05) is 0 Å². The number of nitrogens with zero attached hydrogens (tertiary/aromatic N) is 1. The molecule has 0 heterocycles. The molecule has 0 bridgehead atoms. The average molecular weight is 105 g/mol. The number of quaternary nitrogens is 1. The van der Waals surface area contributed by atoms with Gasteiger partial charge in [-0.2, -0.15) is 0 Å². The smallest absolute Gasteiger partial charge is 0.119 e. The molecule has 0 aromatic heterocycles. The van der Waals surface area contributed by atoms with Crippen molar-refractivity contribution in [2.75, 3.05) is 34.2 Å². The Hall–Kier alpha value is -0.0800. The zero-order valence-corrected chi connectivity index (χ0v) is 5.36. The maximum Gasteiger partial charge on any atom is 0.119 e. The Labute approximate surface area is 47.0 Å². The van der Waals surface area contributed by atoms with Gasteiger partial charge in [-0.3, -0.25) is 0 Å². The fraction of sp³-hybridized carbons (Fsp3) is 1.00. The van der Waals surface area contributed by atoms with Crippen molar-refractivity contribution in [2.45, 2.75) is 0 Å². The minimum atomic E-state index is 0.767. The second kappa shape index (κ2) is 2.28. The zero-order chi connectivity index (χ0) is 6.62. The van der Waals surface area contributed by atoms with Crippen LogP contribution in [-0.4, -0.2) is 38.7 Å². The van der Waals surface area contributed by atoms with Crippen LogP contribution in [0.2, 0.25) is 1.41 Å². The number of hydrogen-bond donors (Lipinski definition) is 1. The average Bonchev–Trinajstić information content (AvgIpc) is 1.59. The largest absolute Gasteiger partial charge is 0.330 e. The van der Waals surface area contributed by atoms with E-state index in [0.29, 0.717) is 0 Å². The minimum Gasteiger partial charge on any atom is -0.330 e. The summed E-state index contributed by atoms with van der Waals surface area (Å²) in [6.07, 6.45) is 0.